The van der Waals surface area contributed by atoms with Crippen LogP contribution in [-0.4, -0.2) is 10.1 Å². The number of fused-ring (bicyclic) bond motifs is 1. The van der Waals surface area contributed by atoms with E-state index in [2.05, 4.69) is 10.1 Å². The summed E-state index contributed by atoms with van der Waals surface area (Å²) in [7, 11) is 0. The topological polar surface area (TPSA) is 48.2 Å². The first kappa shape index (κ1) is 12.3. The van der Waals surface area contributed by atoms with E-state index in [0.29, 0.717) is 23.3 Å². The Morgan fingerprint density at radius 1 is 1.24 bits per heavy atom. The molecule has 0 aliphatic heterocycles. The van der Waals surface area contributed by atoms with E-state index in [1.807, 2.05) is 13.0 Å². The molecule has 5 heteroatoms. The maximum absolute atomic E-state index is 13.3. The standard InChI is InChI=1S/C16H13FN2O2/c1-9-2-5-11(17)8-13(9)20-14-7-6-12-15(10-3-4-10)19-21-16(12)18-14/h2,5-8,10H,3-4H2,1H3. The van der Waals surface area contributed by atoms with Crippen molar-refractivity contribution in [1.82, 2.24) is 10.1 Å². The molecule has 0 atom stereocenters. The van der Waals surface area contributed by atoms with Crippen molar-refractivity contribution in [2.75, 3.05) is 0 Å². The average Bonchev–Trinajstić information content (AvgIpc) is 3.23. The van der Waals surface area contributed by atoms with Crippen molar-refractivity contribution in [3.05, 3.63) is 47.4 Å². The van der Waals surface area contributed by atoms with Crippen molar-refractivity contribution in [3.8, 4) is 11.6 Å². The van der Waals surface area contributed by atoms with E-state index >= 15 is 0 Å². The quantitative estimate of drug-likeness (QED) is 0.717. The first-order valence-electron chi connectivity index (χ1n) is 6.91. The molecule has 1 fully saturated rings. The second-order valence-corrected chi connectivity index (χ2v) is 5.36. The molecule has 0 saturated heterocycles. The minimum Gasteiger partial charge on any atom is -0.439 e. The predicted molar refractivity (Wildman–Crippen MR) is 75.0 cm³/mol. The molecule has 106 valence electrons. The van der Waals surface area contributed by atoms with Gasteiger partial charge in [-0.1, -0.05) is 11.2 Å². The third kappa shape index (κ3) is 2.24. The minimum absolute atomic E-state index is 0.340. The van der Waals surface area contributed by atoms with E-state index in [9.17, 15) is 4.39 Å². The highest BCUT2D eigenvalue weighted by atomic mass is 19.1. The van der Waals surface area contributed by atoms with Crippen LogP contribution in [0, 0.1) is 12.7 Å². The molecule has 0 bridgehead atoms. The molecule has 0 unspecified atom stereocenters. The molecule has 0 amide bonds. The van der Waals surface area contributed by atoms with E-state index < -0.39 is 0 Å². The highest BCUT2D eigenvalue weighted by molar-refractivity contribution is 5.77. The van der Waals surface area contributed by atoms with Gasteiger partial charge in [-0.15, -0.1) is 0 Å². The Balaban J connectivity index is 1.69. The summed E-state index contributed by atoms with van der Waals surface area (Å²) in [5, 5.41) is 5.02. The summed E-state index contributed by atoms with van der Waals surface area (Å²) < 4.78 is 24.2. The molecule has 1 aliphatic rings. The number of nitrogens with zero attached hydrogens (tertiary/aromatic N) is 2. The molecule has 1 aliphatic carbocycles. The Bertz CT molecular complexity index is 824. The largest absolute Gasteiger partial charge is 0.439 e. The van der Waals surface area contributed by atoms with Gasteiger partial charge in [0.05, 0.1) is 11.1 Å². The Kier molecular flexibility index (Phi) is 2.67. The lowest BCUT2D eigenvalue weighted by Gasteiger charge is -2.07. The van der Waals surface area contributed by atoms with Crippen molar-refractivity contribution in [1.29, 1.82) is 0 Å². The van der Waals surface area contributed by atoms with Crippen molar-refractivity contribution in [2.24, 2.45) is 0 Å². The van der Waals surface area contributed by atoms with Crippen molar-refractivity contribution in [2.45, 2.75) is 25.7 Å². The number of aryl methyl sites for hydroxylation is 1. The number of rotatable bonds is 3. The Morgan fingerprint density at radius 2 is 2.10 bits per heavy atom. The average molecular weight is 284 g/mol. The summed E-state index contributed by atoms with van der Waals surface area (Å²) in [5.74, 6) is 0.983. The molecular formula is C16H13FN2O2. The fraction of sp³-hybridized carbons (Fsp3) is 0.250. The van der Waals surface area contributed by atoms with Gasteiger partial charge in [-0.25, -0.2) is 4.39 Å². The van der Waals surface area contributed by atoms with Crippen molar-refractivity contribution >= 4 is 11.1 Å². The fourth-order valence-electron chi connectivity index (χ4n) is 2.33. The molecular weight excluding hydrogens is 271 g/mol. The first-order valence-corrected chi connectivity index (χ1v) is 6.91. The van der Waals surface area contributed by atoms with Crippen LogP contribution >= 0.6 is 0 Å². The van der Waals surface area contributed by atoms with E-state index in [1.54, 1.807) is 12.1 Å². The van der Waals surface area contributed by atoms with Crippen LogP contribution in [0.2, 0.25) is 0 Å². The molecule has 2 heterocycles. The maximum atomic E-state index is 13.3. The van der Waals surface area contributed by atoms with E-state index in [-0.39, 0.29) is 5.82 Å². The van der Waals surface area contributed by atoms with Gasteiger partial charge < -0.3 is 9.26 Å². The van der Waals surface area contributed by atoms with E-state index in [1.165, 1.54) is 12.1 Å². The number of aromatic nitrogens is 2. The van der Waals surface area contributed by atoms with Crippen LogP contribution in [0.15, 0.2) is 34.9 Å². The molecule has 0 N–H and O–H groups in total. The normalized spacial score (nSPS) is 14.6. The van der Waals surface area contributed by atoms with Crippen molar-refractivity contribution < 1.29 is 13.7 Å². The molecule has 0 spiro atoms. The molecule has 1 aromatic carbocycles. The van der Waals surface area contributed by atoms with Crippen LogP contribution in [-0.2, 0) is 0 Å². The zero-order valence-corrected chi connectivity index (χ0v) is 11.5. The molecule has 21 heavy (non-hydrogen) atoms. The predicted octanol–water partition coefficient (Wildman–Crippen LogP) is 4.34. The number of benzene rings is 1. The second-order valence-electron chi connectivity index (χ2n) is 5.36. The smallest absolute Gasteiger partial charge is 0.261 e. The summed E-state index contributed by atoms with van der Waals surface area (Å²) in [4.78, 5) is 4.30. The first-order chi connectivity index (χ1) is 10.2. The molecule has 1 saturated carbocycles. The number of pyridine rings is 1. The molecule has 4 nitrogen and oxygen atoms in total. The molecule has 0 radical (unpaired) electrons. The highest BCUT2D eigenvalue weighted by Crippen LogP contribution is 2.42. The number of hydrogen-bond acceptors (Lipinski definition) is 4. The summed E-state index contributed by atoms with van der Waals surface area (Å²) in [6.45, 7) is 1.85. The van der Waals surface area contributed by atoms with Gasteiger partial charge in [-0.3, -0.25) is 0 Å². The SMILES string of the molecule is Cc1ccc(F)cc1Oc1ccc2c(C3CC3)noc2n1. The lowest BCUT2D eigenvalue weighted by molar-refractivity contribution is 0.424. The van der Waals surface area contributed by atoms with E-state index in [4.69, 9.17) is 9.26 Å². The Morgan fingerprint density at radius 3 is 2.90 bits per heavy atom. The van der Waals surface area contributed by atoms with Gasteiger partial charge >= 0.3 is 0 Å². The van der Waals surface area contributed by atoms with Crippen LogP contribution in [0.5, 0.6) is 11.6 Å². The number of hydrogen-bond donors (Lipinski definition) is 0. The monoisotopic (exact) mass is 284 g/mol. The zero-order valence-electron chi connectivity index (χ0n) is 11.5. The van der Waals surface area contributed by atoms with Gasteiger partial charge in [0, 0.05) is 18.1 Å². The van der Waals surface area contributed by atoms with Gasteiger partial charge in [0.15, 0.2) is 0 Å². The van der Waals surface area contributed by atoms with Gasteiger partial charge in [0.1, 0.15) is 11.6 Å². The highest BCUT2D eigenvalue weighted by Gasteiger charge is 2.29. The number of halogens is 1. The molecule has 4 rings (SSSR count). The lowest BCUT2D eigenvalue weighted by Crippen LogP contribution is -1.91. The van der Waals surface area contributed by atoms with Gasteiger partial charge in [0.25, 0.3) is 5.71 Å². The summed E-state index contributed by atoms with van der Waals surface area (Å²) >= 11 is 0. The Hall–Kier alpha value is -2.43. The van der Waals surface area contributed by atoms with Crippen LogP contribution in [0.3, 0.4) is 0 Å². The minimum atomic E-state index is -0.340. The molecule has 3 aromatic rings. The van der Waals surface area contributed by atoms with Crippen LogP contribution in [0.4, 0.5) is 4.39 Å². The lowest BCUT2D eigenvalue weighted by atomic mass is 10.2. The summed E-state index contributed by atoms with van der Waals surface area (Å²) in [6, 6.07) is 8.07. The molecule has 2 aromatic heterocycles. The van der Waals surface area contributed by atoms with Gasteiger partial charge in [-0.05, 0) is 37.5 Å². The van der Waals surface area contributed by atoms with Crippen LogP contribution in [0.1, 0.15) is 30.0 Å². The van der Waals surface area contributed by atoms with E-state index in [0.717, 1.165) is 29.5 Å². The number of ether oxygens (including phenoxy) is 1. The van der Waals surface area contributed by atoms with Crippen LogP contribution in [0.25, 0.3) is 11.1 Å². The van der Waals surface area contributed by atoms with Crippen LogP contribution < -0.4 is 4.74 Å². The second kappa shape index (κ2) is 4.55. The summed E-state index contributed by atoms with van der Waals surface area (Å²) in [6.07, 6.45) is 2.31. The fourth-order valence-corrected chi connectivity index (χ4v) is 2.33. The maximum Gasteiger partial charge on any atom is 0.261 e. The van der Waals surface area contributed by atoms with Crippen molar-refractivity contribution in [3.63, 3.8) is 0 Å². The zero-order chi connectivity index (χ0) is 14.4. The van der Waals surface area contributed by atoms with Gasteiger partial charge in [-0.2, -0.15) is 4.98 Å². The van der Waals surface area contributed by atoms with Gasteiger partial charge in [0.2, 0.25) is 5.88 Å². The third-order valence-electron chi connectivity index (χ3n) is 3.67. The summed E-state index contributed by atoms with van der Waals surface area (Å²) in [5.41, 5.74) is 2.28. The Labute approximate surface area is 120 Å². The third-order valence-corrected chi connectivity index (χ3v) is 3.67.